The van der Waals surface area contributed by atoms with Crippen LogP contribution in [-0.2, 0) is 9.84 Å². The third-order valence-corrected chi connectivity index (χ3v) is 7.30. The third-order valence-electron chi connectivity index (χ3n) is 5.16. The molecule has 32 heavy (non-hydrogen) atoms. The number of hydrogen-bond acceptors (Lipinski definition) is 5. The summed E-state index contributed by atoms with van der Waals surface area (Å²) in [6, 6.07) is 15.8. The van der Waals surface area contributed by atoms with Crippen LogP contribution in [0.1, 0.15) is 36.0 Å². The zero-order valence-electron chi connectivity index (χ0n) is 17.7. The molecular formula is C23H24Cl2N2O4S. The van der Waals surface area contributed by atoms with Crippen molar-refractivity contribution in [3.63, 3.8) is 0 Å². The first-order valence-electron chi connectivity index (χ1n) is 10.1. The second-order valence-corrected chi connectivity index (χ2v) is 9.83. The molecule has 3 aromatic rings. The molecule has 0 aliphatic carbocycles. The quantitative estimate of drug-likeness (QED) is 0.440. The van der Waals surface area contributed by atoms with Crippen LogP contribution in [0.15, 0.2) is 75.1 Å². The molecule has 0 radical (unpaired) electrons. The molecule has 6 nitrogen and oxygen atoms in total. The monoisotopic (exact) mass is 494 g/mol. The number of halogens is 2. The number of sulfone groups is 1. The van der Waals surface area contributed by atoms with Crippen LogP contribution in [0, 0.1) is 0 Å². The summed E-state index contributed by atoms with van der Waals surface area (Å²) in [6.07, 6.45) is 0. The summed E-state index contributed by atoms with van der Waals surface area (Å²) in [5, 5.41) is 3.61. The molecule has 1 N–H and O–H groups in total. The number of nitrogens with one attached hydrogen (secondary N) is 1. The number of amides is 1. The van der Waals surface area contributed by atoms with Gasteiger partial charge in [0.1, 0.15) is 0 Å². The van der Waals surface area contributed by atoms with E-state index in [4.69, 9.17) is 27.6 Å². The molecule has 0 aliphatic rings. The summed E-state index contributed by atoms with van der Waals surface area (Å²) in [5.41, 5.74) is 1.02. The lowest BCUT2D eigenvalue weighted by molar-refractivity contribution is 0.0902. The summed E-state index contributed by atoms with van der Waals surface area (Å²) in [4.78, 5) is 14.9. The second-order valence-electron chi connectivity index (χ2n) is 7.07. The highest BCUT2D eigenvalue weighted by Gasteiger charge is 2.25. The first-order valence-corrected chi connectivity index (χ1v) is 12.4. The van der Waals surface area contributed by atoms with Crippen LogP contribution in [-0.4, -0.2) is 38.9 Å². The van der Waals surface area contributed by atoms with Gasteiger partial charge in [0.25, 0.3) is 5.91 Å². The molecule has 0 saturated heterocycles. The van der Waals surface area contributed by atoms with Gasteiger partial charge in [-0.1, -0.05) is 49.2 Å². The van der Waals surface area contributed by atoms with Gasteiger partial charge in [-0.05, 0) is 67.2 Å². The Morgan fingerprint density at radius 3 is 2.06 bits per heavy atom. The maximum absolute atomic E-state index is 12.7. The molecule has 0 aliphatic heterocycles. The number of likely N-dealkylation sites (N-methyl/N-ethyl adjacent to an activating group) is 1. The van der Waals surface area contributed by atoms with Crippen molar-refractivity contribution >= 4 is 38.9 Å². The Morgan fingerprint density at radius 2 is 1.50 bits per heavy atom. The Morgan fingerprint density at radius 1 is 0.938 bits per heavy atom. The summed E-state index contributed by atoms with van der Waals surface area (Å²) < 4.78 is 30.9. The van der Waals surface area contributed by atoms with Gasteiger partial charge in [0.05, 0.1) is 10.9 Å². The fourth-order valence-corrected chi connectivity index (χ4v) is 4.83. The molecule has 1 atom stereocenters. The average Bonchev–Trinajstić information content (AvgIpc) is 3.29. The van der Waals surface area contributed by atoms with E-state index in [0.717, 1.165) is 18.7 Å². The molecule has 1 aromatic heterocycles. The number of carbonyl (C=O) groups excluding carboxylic acids is 1. The van der Waals surface area contributed by atoms with E-state index >= 15 is 0 Å². The number of nitrogens with zero attached hydrogens (tertiary/aromatic N) is 1. The molecule has 1 unspecified atom stereocenters. The Hall–Kier alpha value is -2.32. The van der Waals surface area contributed by atoms with Crippen molar-refractivity contribution in [2.45, 2.75) is 29.9 Å². The SMILES string of the molecule is CCN(CC)C(CNC(=O)c1ccc(S(=O)(=O)c2ccc(Cl)cc2)o1)c1ccc(Cl)cc1. The summed E-state index contributed by atoms with van der Waals surface area (Å²) >= 11 is 11.8. The molecule has 0 saturated carbocycles. The van der Waals surface area contributed by atoms with Gasteiger partial charge in [0, 0.05) is 16.6 Å². The maximum Gasteiger partial charge on any atom is 0.287 e. The zero-order chi connectivity index (χ0) is 23.3. The Kier molecular flexibility index (Phi) is 8.00. The van der Waals surface area contributed by atoms with Crippen molar-refractivity contribution in [1.29, 1.82) is 0 Å². The molecule has 0 spiro atoms. The van der Waals surface area contributed by atoms with Gasteiger partial charge in [-0.25, -0.2) is 8.42 Å². The number of furan rings is 1. The van der Waals surface area contributed by atoms with Gasteiger partial charge in [0.15, 0.2) is 5.76 Å². The maximum atomic E-state index is 12.7. The lowest BCUT2D eigenvalue weighted by atomic mass is 10.0. The van der Waals surface area contributed by atoms with Crippen molar-refractivity contribution in [2.24, 2.45) is 0 Å². The molecule has 0 bridgehead atoms. The smallest absolute Gasteiger partial charge is 0.287 e. The fourth-order valence-electron chi connectivity index (χ4n) is 3.40. The number of rotatable bonds is 9. The van der Waals surface area contributed by atoms with Gasteiger partial charge in [-0.3, -0.25) is 9.69 Å². The third kappa shape index (κ3) is 5.53. The fraction of sp³-hybridized carbons (Fsp3) is 0.261. The van der Waals surface area contributed by atoms with Gasteiger partial charge < -0.3 is 9.73 Å². The van der Waals surface area contributed by atoms with E-state index in [1.165, 1.54) is 36.4 Å². The highest BCUT2D eigenvalue weighted by atomic mass is 35.5. The van der Waals surface area contributed by atoms with E-state index in [2.05, 4.69) is 24.1 Å². The largest absolute Gasteiger partial charge is 0.439 e. The molecule has 3 rings (SSSR count). The zero-order valence-corrected chi connectivity index (χ0v) is 20.0. The van der Waals surface area contributed by atoms with E-state index in [-0.39, 0.29) is 21.8 Å². The minimum Gasteiger partial charge on any atom is -0.439 e. The number of carbonyl (C=O) groups is 1. The van der Waals surface area contributed by atoms with E-state index in [0.29, 0.717) is 16.6 Å². The van der Waals surface area contributed by atoms with Crippen molar-refractivity contribution in [1.82, 2.24) is 10.2 Å². The van der Waals surface area contributed by atoms with E-state index in [1.807, 2.05) is 24.3 Å². The lowest BCUT2D eigenvalue weighted by Gasteiger charge is -2.30. The summed E-state index contributed by atoms with van der Waals surface area (Å²) in [7, 11) is -3.89. The van der Waals surface area contributed by atoms with Crippen molar-refractivity contribution < 1.29 is 17.6 Å². The van der Waals surface area contributed by atoms with Crippen LogP contribution in [0.2, 0.25) is 10.0 Å². The summed E-state index contributed by atoms with van der Waals surface area (Å²) in [6.45, 7) is 6.01. The van der Waals surface area contributed by atoms with Crippen LogP contribution in [0.5, 0.6) is 0 Å². The molecule has 1 amide bonds. The second kappa shape index (κ2) is 10.5. The number of benzene rings is 2. The van der Waals surface area contributed by atoms with Crippen molar-refractivity contribution in [3.05, 3.63) is 82.0 Å². The summed E-state index contributed by atoms with van der Waals surface area (Å²) in [5.74, 6) is -0.569. The lowest BCUT2D eigenvalue weighted by Crippen LogP contribution is -2.38. The Labute approximate surface area is 198 Å². The predicted molar refractivity (Wildman–Crippen MR) is 125 cm³/mol. The first-order chi connectivity index (χ1) is 15.3. The average molecular weight is 495 g/mol. The molecule has 170 valence electrons. The topological polar surface area (TPSA) is 79.6 Å². The van der Waals surface area contributed by atoms with Gasteiger partial charge in [-0.2, -0.15) is 0 Å². The molecular weight excluding hydrogens is 471 g/mol. The molecule has 9 heteroatoms. The highest BCUT2D eigenvalue weighted by Crippen LogP contribution is 2.25. The van der Waals surface area contributed by atoms with Gasteiger partial charge >= 0.3 is 0 Å². The molecule has 2 aromatic carbocycles. The van der Waals surface area contributed by atoms with Crippen molar-refractivity contribution in [3.8, 4) is 0 Å². The van der Waals surface area contributed by atoms with Crippen LogP contribution >= 0.6 is 23.2 Å². The first kappa shape index (κ1) is 24.3. The van der Waals surface area contributed by atoms with Crippen LogP contribution in [0.3, 0.4) is 0 Å². The molecule has 0 fully saturated rings. The standard InChI is InChI=1S/C23H24Cl2N2O4S/c1-3-27(4-2)20(16-5-7-17(24)8-6-16)15-26-23(28)21-13-14-22(31-21)32(29,30)19-11-9-18(25)10-12-19/h5-14,20H,3-4,15H2,1-2H3,(H,26,28). The predicted octanol–water partition coefficient (Wildman–Crippen LogP) is 5.23. The van der Waals surface area contributed by atoms with Crippen LogP contribution in [0.25, 0.3) is 0 Å². The minimum atomic E-state index is -3.89. The van der Waals surface area contributed by atoms with Crippen LogP contribution in [0.4, 0.5) is 0 Å². The van der Waals surface area contributed by atoms with E-state index in [1.54, 1.807) is 0 Å². The van der Waals surface area contributed by atoms with Crippen LogP contribution < -0.4 is 5.32 Å². The number of hydrogen-bond donors (Lipinski definition) is 1. The van der Waals surface area contributed by atoms with E-state index < -0.39 is 15.7 Å². The van der Waals surface area contributed by atoms with E-state index in [9.17, 15) is 13.2 Å². The van der Waals surface area contributed by atoms with Gasteiger partial charge in [-0.15, -0.1) is 0 Å². The van der Waals surface area contributed by atoms with Crippen molar-refractivity contribution in [2.75, 3.05) is 19.6 Å². The Bertz CT molecular complexity index is 1160. The molecule has 1 heterocycles. The normalized spacial score (nSPS) is 12.7. The van der Waals surface area contributed by atoms with Gasteiger partial charge in [0.2, 0.25) is 14.9 Å². The Balaban J connectivity index is 1.75. The highest BCUT2D eigenvalue weighted by molar-refractivity contribution is 7.91. The minimum absolute atomic E-state index is 0.0348.